The van der Waals surface area contributed by atoms with Gasteiger partial charge in [0.05, 0.1) is 5.92 Å². The zero-order valence-electron chi connectivity index (χ0n) is 14.8. The first-order valence-corrected chi connectivity index (χ1v) is 8.79. The van der Waals surface area contributed by atoms with E-state index in [2.05, 4.69) is 24.4 Å². The molecule has 0 aliphatic carbocycles. The van der Waals surface area contributed by atoms with Crippen LogP contribution in [0.4, 0.5) is 5.69 Å². The maximum Gasteiger partial charge on any atom is 0.227 e. The fourth-order valence-electron chi connectivity index (χ4n) is 3.08. The van der Waals surface area contributed by atoms with Crippen molar-refractivity contribution in [2.45, 2.75) is 33.2 Å². The summed E-state index contributed by atoms with van der Waals surface area (Å²) in [4.78, 5) is 26.4. The summed E-state index contributed by atoms with van der Waals surface area (Å²) >= 11 is 0. The number of hydrogen-bond donors (Lipinski definition) is 1. The monoisotopic (exact) mass is 336 g/mol. The molecule has 4 heteroatoms. The number of carbonyl (C=O) groups is 2. The molecule has 1 fully saturated rings. The number of rotatable bonds is 5. The van der Waals surface area contributed by atoms with Crippen molar-refractivity contribution in [1.29, 1.82) is 0 Å². The van der Waals surface area contributed by atoms with Gasteiger partial charge in [-0.2, -0.15) is 0 Å². The summed E-state index contributed by atoms with van der Waals surface area (Å²) in [5, 5.41) is 2.96. The van der Waals surface area contributed by atoms with Gasteiger partial charge >= 0.3 is 0 Å². The first kappa shape index (κ1) is 17.2. The molecule has 4 nitrogen and oxygen atoms in total. The lowest BCUT2D eigenvalue weighted by molar-refractivity contribution is -0.126. The molecule has 2 aromatic carbocycles. The van der Waals surface area contributed by atoms with E-state index < -0.39 is 0 Å². The van der Waals surface area contributed by atoms with Gasteiger partial charge in [0.25, 0.3) is 0 Å². The van der Waals surface area contributed by atoms with Crippen LogP contribution in [-0.2, 0) is 22.6 Å². The van der Waals surface area contributed by atoms with Crippen molar-refractivity contribution in [1.82, 2.24) is 5.32 Å². The van der Waals surface area contributed by atoms with Crippen molar-refractivity contribution in [3.05, 3.63) is 65.2 Å². The van der Waals surface area contributed by atoms with E-state index in [1.54, 1.807) is 4.90 Å². The summed E-state index contributed by atoms with van der Waals surface area (Å²) in [6, 6.07) is 16.1. The number of nitrogens with zero attached hydrogens (tertiary/aromatic N) is 1. The first-order valence-electron chi connectivity index (χ1n) is 8.79. The van der Waals surface area contributed by atoms with Gasteiger partial charge in [-0.3, -0.25) is 9.59 Å². The van der Waals surface area contributed by atoms with Crippen LogP contribution < -0.4 is 10.2 Å². The second kappa shape index (κ2) is 7.51. The number of amides is 2. The number of hydrogen-bond acceptors (Lipinski definition) is 2. The lowest BCUT2D eigenvalue weighted by atomic mass is 10.1. The summed E-state index contributed by atoms with van der Waals surface area (Å²) in [5.41, 5.74) is 4.37. The van der Waals surface area contributed by atoms with Gasteiger partial charge in [-0.25, -0.2) is 0 Å². The van der Waals surface area contributed by atoms with Crippen LogP contribution >= 0.6 is 0 Å². The molecular formula is C21H24N2O2. The van der Waals surface area contributed by atoms with E-state index in [-0.39, 0.29) is 24.2 Å². The first-order chi connectivity index (χ1) is 12.1. The van der Waals surface area contributed by atoms with Gasteiger partial charge in [-0.05, 0) is 36.6 Å². The predicted molar refractivity (Wildman–Crippen MR) is 99.3 cm³/mol. The topological polar surface area (TPSA) is 49.4 Å². The highest BCUT2D eigenvalue weighted by molar-refractivity contribution is 6.00. The fourth-order valence-corrected chi connectivity index (χ4v) is 3.08. The fraction of sp³-hybridized carbons (Fsp3) is 0.333. The molecule has 130 valence electrons. The van der Waals surface area contributed by atoms with Gasteiger partial charge in [-0.1, -0.05) is 48.9 Å². The predicted octanol–water partition coefficient (Wildman–Crippen LogP) is 3.23. The Morgan fingerprint density at radius 1 is 1.08 bits per heavy atom. The number of aryl methyl sites for hydroxylation is 2. The Kier molecular flexibility index (Phi) is 5.17. The Bertz CT molecular complexity index is 750. The maximum absolute atomic E-state index is 12.4. The normalized spacial score (nSPS) is 17.0. The highest BCUT2D eigenvalue weighted by Crippen LogP contribution is 2.25. The number of carbonyl (C=O) groups excluding carboxylic acids is 2. The van der Waals surface area contributed by atoms with Crippen LogP contribution in [0.2, 0.25) is 0 Å². The van der Waals surface area contributed by atoms with Crippen LogP contribution in [0.15, 0.2) is 48.5 Å². The van der Waals surface area contributed by atoms with Crippen LogP contribution in [0.25, 0.3) is 0 Å². The summed E-state index contributed by atoms with van der Waals surface area (Å²) in [7, 11) is 0. The molecule has 0 spiro atoms. The Balaban J connectivity index is 1.57. The molecule has 1 N–H and O–H groups in total. The largest absolute Gasteiger partial charge is 0.352 e. The molecule has 1 aliphatic rings. The van der Waals surface area contributed by atoms with Gasteiger partial charge in [0.15, 0.2) is 0 Å². The highest BCUT2D eigenvalue weighted by Gasteiger charge is 2.34. The zero-order chi connectivity index (χ0) is 17.8. The van der Waals surface area contributed by atoms with E-state index >= 15 is 0 Å². The van der Waals surface area contributed by atoms with Gasteiger partial charge in [0, 0.05) is 25.2 Å². The Morgan fingerprint density at radius 3 is 2.36 bits per heavy atom. The quantitative estimate of drug-likeness (QED) is 0.911. The van der Waals surface area contributed by atoms with Gasteiger partial charge in [0.1, 0.15) is 0 Å². The van der Waals surface area contributed by atoms with E-state index in [1.807, 2.05) is 43.3 Å². The van der Waals surface area contributed by atoms with E-state index in [0.29, 0.717) is 13.1 Å². The van der Waals surface area contributed by atoms with E-state index in [9.17, 15) is 9.59 Å². The minimum absolute atomic E-state index is 0.0105. The molecule has 3 rings (SSSR count). The number of nitrogens with one attached hydrogen (secondary N) is 1. The number of benzene rings is 2. The molecule has 2 aromatic rings. The molecule has 1 saturated heterocycles. The molecule has 1 atom stereocenters. The minimum atomic E-state index is -0.288. The molecule has 2 amide bonds. The molecule has 0 saturated carbocycles. The van der Waals surface area contributed by atoms with Crippen LogP contribution in [0.1, 0.15) is 30.0 Å². The third-order valence-electron chi connectivity index (χ3n) is 4.74. The third-order valence-corrected chi connectivity index (χ3v) is 4.74. The molecule has 1 aliphatic heterocycles. The molecule has 25 heavy (non-hydrogen) atoms. The summed E-state index contributed by atoms with van der Waals surface area (Å²) in [6.45, 7) is 5.08. The van der Waals surface area contributed by atoms with Crippen molar-refractivity contribution in [2.75, 3.05) is 11.4 Å². The van der Waals surface area contributed by atoms with Crippen LogP contribution in [0.3, 0.4) is 0 Å². The van der Waals surface area contributed by atoms with E-state index in [1.165, 1.54) is 5.56 Å². The Labute approximate surface area is 148 Å². The van der Waals surface area contributed by atoms with E-state index in [0.717, 1.165) is 23.2 Å². The Hall–Kier alpha value is -2.62. The maximum atomic E-state index is 12.4. The van der Waals surface area contributed by atoms with Crippen LogP contribution in [0, 0.1) is 12.8 Å². The Morgan fingerprint density at radius 2 is 1.72 bits per heavy atom. The van der Waals surface area contributed by atoms with Crippen molar-refractivity contribution < 1.29 is 9.59 Å². The second-order valence-electron chi connectivity index (χ2n) is 6.63. The van der Waals surface area contributed by atoms with Crippen LogP contribution in [-0.4, -0.2) is 18.4 Å². The van der Waals surface area contributed by atoms with Crippen molar-refractivity contribution in [3.8, 4) is 0 Å². The van der Waals surface area contributed by atoms with Gasteiger partial charge in [0.2, 0.25) is 11.8 Å². The lowest BCUT2D eigenvalue weighted by Gasteiger charge is -2.17. The van der Waals surface area contributed by atoms with E-state index in [4.69, 9.17) is 0 Å². The third kappa shape index (κ3) is 4.08. The minimum Gasteiger partial charge on any atom is -0.352 e. The molecule has 1 heterocycles. The summed E-state index contributed by atoms with van der Waals surface area (Å²) in [6.07, 6.45) is 1.28. The van der Waals surface area contributed by atoms with Gasteiger partial charge < -0.3 is 10.2 Å². The summed E-state index contributed by atoms with van der Waals surface area (Å²) < 4.78 is 0. The number of anilines is 1. The highest BCUT2D eigenvalue weighted by atomic mass is 16.2. The molecule has 0 radical (unpaired) electrons. The second-order valence-corrected chi connectivity index (χ2v) is 6.63. The van der Waals surface area contributed by atoms with Gasteiger partial charge in [-0.15, -0.1) is 0 Å². The summed E-state index contributed by atoms with van der Waals surface area (Å²) in [5.74, 6) is -0.331. The van der Waals surface area contributed by atoms with Crippen molar-refractivity contribution in [2.24, 2.45) is 5.92 Å². The van der Waals surface area contributed by atoms with Crippen molar-refractivity contribution in [3.63, 3.8) is 0 Å². The smallest absolute Gasteiger partial charge is 0.227 e. The molecule has 0 unspecified atom stereocenters. The molecule has 0 aromatic heterocycles. The standard InChI is InChI=1S/C21H24N2O2/c1-3-16-6-8-17(9-7-16)13-22-21(25)18-12-20(24)23(14-18)19-10-4-15(2)5-11-19/h4-11,18H,3,12-14H2,1-2H3,(H,22,25)/t18-/m0/s1. The average molecular weight is 336 g/mol. The average Bonchev–Trinajstić information content (AvgIpc) is 3.02. The molecule has 0 bridgehead atoms. The molecular weight excluding hydrogens is 312 g/mol. The van der Waals surface area contributed by atoms with Crippen LogP contribution in [0.5, 0.6) is 0 Å². The SMILES string of the molecule is CCc1ccc(CNC(=O)[C@H]2CC(=O)N(c3ccc(C)cc3)C2)cc1. The van der Waals surface area contributed by atoms with Crippen molar-refractivity contribution >= 4 is 17.5 Å². The zero-order valence-corrected chi connectivity index (χ0v) is 14.8. The lowest BCUT2D eigenvalue weighted by Crippen LogP contribution is -2.32.